The Morgan fingerprint density at radius 2 is 2.23 bits per heavy atom. The summed E-state index contributed by atoms with van der Waals surface area (Å²) < 4.78 is 9.11. The molecule has 0 bridgehead atoms. The lowest BCUT2D eigenvalue weighted by Crippen LogP contribution is -2.47. The fourth-order valence-corrected chi connectivity index (χ4v) is 3.51. The summed E-state index contributed by atoms with van der Waals surface area (Å²) in [5, 5.41) is 19.9. The predicted molar refractivity (Wildman–Crippen MR) is 124 cm³/mol. The van der Waals surface area contributed by atoms with E-state index in [0.29, 0.717) is 13.2 Å². The zero-order chi connectivity index (χ0) is 20.1. The summed E-state index contributed by atoms with van der Waals surface area (Å²) in [6.07, 6.45) is 4.58. The van der Waals surface area contributed by atoms with Crippen molar-refractivity contribution in [2.24, 2.45) is 4.99 Å². The minimum absolute atomic E-state index is 0. The van der Waals surface area contributed by atoms with Gasteiger partial charge in [-0.1, -0.05) is 6.07 Å². The average molecular weight is 525 g/mol. The van der Waals surface area contributed by atoms with Crippen LogP contribution in [0.1, 0.15) is 30.8 Å². The summed E-state index contributed by atoms with van der Waals surface area (Å²) in [5.41, 5.74) is 0.857. The number of hydrogen-bond acceptors (Lipinski definition) is 6. The summed E-state index contributed by atoms with van der Waals surface area (Å²) in [6.45, 7) is 4.71. The Morgan fingerprint density at radius 3 is 3.07 bits per heavy atom. The molecular weight excluding hydrogens is 497 g/mol. The summed E-state index contributed by atoms with van der Waals surface area (Å²) in [7, 11) is 1.66. The van der Waals surface area contributed by atoms with Crippen molar-refractivity contribution in [1.29, 1.82) is 0 Å². The van der Waals surface area contributed by atoms with Gasteiger partial charge in [0, 0.05) is 45.3 Å². The maximum Gasteiger partial charge on any atom is 0.191 e. The van der Waals surface area contributed by atoms with Gasteiger partial charge < -0.3 is 15.4 Å². The number of pyridine rings is 1. The predicted octanol–water partition coefficient (Wildman–Crippen LogP) is 1.20. The summed E-state index contributed by atoms with van der Waals surface area (Å²) in [5.74, 6) is 3.49. The van der Waals surface area contributed by atoms with Gasteiger partial charge in [-0.2, -0.15) is 5.10 Å². The third-order valence-corrected chi connectivity index (χ3v) is 4.85. The Hall–Kier alpha value is -2.28. The van der Waals surface area contributed by atoms with Gasteiger partial charge in [-0.25, -0.2) is 9.67 Å². The Balaban J connectivity index is 0.00000256. The van der Waals surface area contributed by atoms with Crippen molar-refractivity contribution >= 4 is 35.6 Å². The molecule has 1 atom stereocenters. The lowest BCUT2D eigenvalue weighted by atomic mass is 10.1. The molecular formula is C19H28IN9O. The number of aryl methyl sites for hydroxylation is 1. The molecule has 0 saturated carbocycles. The standard InChI is InChI=1S/C19H27N9O.HI/c1-3-20-19(21-10-9-18-25-24-17-6-4-5-11-27(17)18)22-14-7-8-16-23-15(13-29-2)26-28(16)12-14;/h4-6,11,14H,3,7-10,12-13H2,1-2H3,(H2,20,21,22);1H. The second-order valence-corrected chi connectivity index (χ2v) is 7.00. The number of fused-ring (bicyclic) bond motifs is 2. The van der Waals surface area contributed by atoms with E-state index in [-0.39, 0.29) is 30.0 Å². The van der Waals surface area contributed by atoms with Crippen molar-refractivity contribution in [2.75, 3.05) is 20.2 Å². The summed E-state index contributed by atoms with van der Waals surface area (Å²) in [4.78, 5) is 9.26. The molecule has 1 aliphatic rings. The monoisotopic (exact) mass is 525 g/mol. The molecule has 0 aromatic carbocycles. The van der Waals surface area contributed by atoms with Crippen LogP contribution in [0, 0.1) is 0 Å². The van der Waals surface area contributed by atoms with Gasteiger partial charge in [0.1, 0.15) is 18.3 Å². The topological polar surface area (TPSA) is 107 Å². The molecule has 10 nitrogen and oxygen atoms in total. The molecule has 4 heterocycles. The molecule has 0 radical (unpaired) electrons. The highest BCUT2D eigenvalue weighted by atomic mass is 127. The first-order chi connectivity index (χ1) is 14.3. The van der Waals surface area contributed by atoms with E-state index >= 15 is 0 Å². The molecule has 162 valence electrons. The molecule has 0 aliphatic carbocycles. The second-order valence-electron chi connectivity index (χ2n) is 7.00. The number of hydrogen-bond donors (Lipinski definition) is 2. The molecule has 0 spiro atoms. The largest absolute Gasteiger partial charge is 0.377 e. The Kier molecular flexibility index (Phi) is 7.96. The van der Waals surface area contributed by atoms with Crippen LogP contribution in [0.25, 0.3) is 5.65 Å². The van der Waals surface area contributed by atoms with E-state index in [2.05, 4.69) is 37.8 Å². The van der Waals surface area contributed by atoms with Crippen molar-refractivity contribution in [3.63, 3.8) is 0 Å². The zero-order valence-electron chi connectivity index (χ0n) is 17.3. The SMILES string of the molecule is CCNC(=NCCc1nnc2ccccn12)NC1CCc2nc(COC)nn2C1.I. The van der Waals surface area contributed by atoms with E-state index in [9.17, 15) is 0 Å². The fourth-order valence-electron chi connectivity index (χ4n) is 3.51. The second kappa shape index (κ2) is 10.7. The highest BCUT2D eigenvalue weighted by Gasteiger charge is 2.22. The Bertz CT molecular complexity index is 983. The third-order valence-electron chi connectivity index (χ3n) is 4.85. The van der Waals surface area contributed by atoms with E-state index < -0.39 is 0 Å². The van der Waals surface area contributed by atoms with Crippen molar-refractivity contribution in [3.8, 4) is 0 Å². The van der Waals surface area contributed by atoms with Crippen LogP contribution in [0.3, 0.4) is 0 Å². The first-order valence-electron chi connectivity index (χ1n) is 10.0. The van der Waals surface area contributed by atoms with Gasteiger partial charge in [-0.3, -0.25) is 9.39 Å². The molecule has 2 N–H and O–H groups in total. The molecule has 3 aromatic heterocycles. The number of rotatable bonds is 7. The number of methoxy groups -OCH3 is 1. The van der Waals surface area contributed by atoms with Gasteiger partial charge in [0.2, 0.25) is 0 Å². The molecule has 3 aromatic rings. The van der Waals surface area contributed by atoms with Crippen LogP contribution in [-0.2, 0) is 30.7 Å². The van der Waals surface area contributed by atoms with E-state index in [1.807, 2.05) is 33.5 Å². The average Bonchev–Trinajstić information content (AvgIpc) is 3.32. The molecule has 30 heavy (non-hydrogen) atoms. The Labute approximate surface area is 192 Å². The van der Waals surface area contributed by atoms with E-state index in [0.717, 1.165) is 61.4 Å². The Morgan fingerprint density at radius 1 is 1.33 bits per heavy atom. The third kappa shape index (κ3) is 5.25. The van der Waals surface area contributed by atoms with Crippen LogP contribution in [0.15, 0.2) is 29.4 Å². The number of ether oxygens (including phenoxy) is 1. The molecule has 0 saturated heterocycles. The molecule has 1 aliphatic heterocycles. The number of guanidine groups is 1. The lowest BCUT2D eigenvalue weighted by Gasteiger charge is -2.25. The minimum atomic E-state index is 0. The number of aliphatic imine (C=N–C) groups is 1. The minimum Gasteiger partial charge on any atom is -0.377 e. The van der Waals surface area contributed by atoms with E-state index in [4.69, 9.17) is 9.73 Å². The quantitative estimate of drug-likeness (QED) is 0.271. The molecule has 0 fully saturated rings. The first-order valence-corrected chi connectivity index (χ1v) is 10.0. The van der Waals surface area contributed by atoms with Crippen LogP contribution >= 0.6 is 24.0 Å². The van der Waals surface area contributed by atoms with Gasteiger partial charge >= 0.3 is 0 Å². The van der Waals surface area contributed by atoms with Gasteiger partial charge in [0.25, 0.3) is 0 Å². The normalized spacial score (nSPS) is 16.2. The maximum absolute atomic E-state index is 5.14. The van der Waals surface area contributed by atoms with Crippen LogP contribution < -0.4 is 10.6 Å². The number of aromatic nitrogens is 6. The molecule has 1 unspecified atom stereocenters. The van der Waals surface area contributed by atoms with Crippen molar-refractivity contribution < 1.29 is 4.74 Å². The van der Waals surface area contributed by atoms with E-state index in [1.165, 1.54) is 0 Å². The van der Waals surface area contributed by atoms with Crippen LogP contribution in [-0.4, -0.2) is 61.6 Å². The van der Waals surface area contributed by atoms with Crippen LogP contribution in [0.5, 0.6) is 0 Å². The lowest BCUT2D eigenvalue weighted by molar-refractivity contribution is 0.177. The highest BCUT2D eigenvalue weighted by Crippen LogP contribution is 2.13. The molecule has 0 amide bonds. The van der Waals surface area contributed by atoms with Crippen molar-refractivity contribution in [3.05, 3.63) is 41.9 Å². The number of nitrogens with one attached hydrogen (secondary N) is 2. The number of nitrogens with zero attached hydrogens (tertiary/aromatic N) is 7. The maximum atomic E-state index is 5.14. The fraction of sp³-hybridized carbons (Fsp3) is 0.526. The zero-order valence-corrected chi connectivity index (χ0v) is 19.6. The summed E-state index contributed by atoms with van der Waals surface area (Å²) >= 11 is 0. The van der Waals surface area contributed by atoms with E-state index in [1.54, 1.807) is 7.11 Å². The van der Waals surface area contributed by atoms with Gasteiger partial charge in [0.15, 0.2) is 17.4 Å². The van der Waals surface area contributed by atoms with Gasteiger partial charge in [-0.05, 0) is 25.5 Å². The molecule has 11 heteroatoms. The molecule has 4 rings (SSSR count). The smallest absolute Gasteiger partial charge is 0.191 e. The summed E-state index contributed by atoms with van der Waals surface area (Å²) in [6, 6.07) is 6.15. The highest BCUT2D eigenvalue weighted by molar-refractivity contribution is 14.0. The van der Waals surface area contributed by atoms with Gasteiger partial charge in [0.05, 0.1) is 6.54 Å². The first kappa shape index (κ1) is 22.4. The number of halogens is 1. The van der Waals surface area contributed by atoms with Crippen LogP contribution in [0.4, 0.5) is 0 Å². The van der Waals surface area contributed by atoms with Crippen LogP contribution in [0.2, 0.25) is 0 Å². The van der Waals surface area contributed by atoms with Crippen molar-refractivity contribution in [1.82, 2.24) is 40.0 Å². The van der Waals surface area contributed by atoms with Gasteiger partial charge in [-0.15, -0.1) is 34.2 Å². The van der Waals surface area contributed by atoms with Crippen molar-refractivity contribution in [2.45, 2.75) is 45.4 Å².